The van der Waals surface area contributed by atoms with Gasteiger partial charge in [-0.2, -0.15) is 5.10 Å². The second-order valence-corrected chi connectivity index (χ2v) is 6.94. The van der Waals surface area contributed by atoms with Crippen LogP contribution in [-0.4, -0.2) is 27.9 Å². The molecule has 2 N–H and O–H groups in total. The van der Waals surface area contributed by atoms with Gasteiger partial charge in [-0.25, -0.2) is 4.79 Å². The van der Waals surface area contributed by atoms with Crippen molar-refractivity contribution in [2.24, 2.45) is 0 Å². The number of aromatic nitrogens is 2. The number of aromatic amines is 1. The molecule has 0 aliphatic heterocycles. The first-order valence-electron chi connectivity index (χ1n) is 9.64. The lowest BCUT2D eigenvalue weighted by Crippen LogP contribution is -2.26. The lowest BCUT2D eigenvalue weighted by molar-refractivity contribution is -0.125. The van der Waals surface area contributed by atoms with Crippen LogP contribution in [0.1, 0.15) is 39.4 Å². The Morgan fingerprint density at radius 2 is 1.68 bits per heavy atom. The van der Waals surface area contributed by atoms with E-state index in [9.17, 15) is 14.4 Å². The van der Waals surface area contributed by atoms with Gasteiger partial charge in [0.15, 0.2) is 11.5 Å². The number of esters is 1. The van der Waals surface area contributed by atoms with Crippen LogP contribution < -0.4 is 5.32 Å². The molecule has 1 aromatic heterocycles. The number of H-pyrrole nitrogens is 1. The fourth-order valence-electron chi connectivity index (χ4n) is 3.21. The number of para-hydroxylation sites is 1. The van der Waals surface area contributed by atoms with E-state index < -0.39 is 18.0 Å². The van der Waals surface area contributed by atoms with Crippen LogP contribution in [0.3, 0.4) is 0 Å². The van der Waals surface area contributed by atoms with E-state index in [4.69, 9.17) is 4.74 Å². The number of ether oxygens (including phenoxy) is 1. The minimum Gasteiger partial charge on any atom is -0.442 e. The van der Waals surface area contributed by atoms with E-state index in [1.54, 1.807) is 72.8 Å². The second-order valence-electron chi connectivity index (χ2n) is 6.94. The molecule has 154 valence electrons. The molecule has 1 atom stereocenters. The Hall–Kier alpha value is -4.26. The third-order valence-electron chi connectivity index (χ3n) is 4.77. The van der Waals surface area contributed by atoms with Gasteiger partial charge in [-0.15, -0.1) is 0 Å². The van der Waals surface area contributed by atoms with Crippen LogP contribution in [0.2, 0.25) is 0 Å². The van der Waals surface area contributed by atoms with Crippen LogP contribution in [0.5, 0.6) is 0 Å². The van der Waals surface area contributed by atoms with Crippen molar-refractivity contribution in [3.8, 4) is 0 Å². The highest BCUT2D eigenvalue weighted by Crippen LogP contribution is 2.24. The molecule has 0 saturated heterocycles. The number of amides is 1. The lowest BCUT2D eigenvalue weighted by Gasteiger charge is -2.18. The van der Waals surface area contributed by atoms with Crippen LogP contribution in [0.25, 0.3) is 10.9 Å². The molecule has 0 aliphatic rings. The number of anilines is 1. The Bertz CT molecular complexity index is 1260. The number of nitrogens with one attached hydrogen (secondary N) is 2. The third kappa shape index (κ3) is 4.35. The number of hydrogen-bond donors (Lipinski definition) is 2. The molecule has 31 heavy (non-hydrogen) atoms. The number of carbonyl (C=O) groups excluding carboxylic acids is 3. The third-order valence-corrected chi connectivity index (χ3v) is 4.77. The van der Waals surface area contributed by atoms with E-state index in [1.165, 1.54) is 6.92 Å². The summed E-state index contributed by atoms with van der Waals surface area (Å²) in [5, 5.41) is 10.2. The van der Waals surface area contributed by atoms with E-state index in [2.05, 4.69) is 15.5 Å². The molecule has 1 heterocycles. The zero-order valence-corrected chi connectivity index (χ0v) is 16.7. The van der Waals surface area contributed by atoms with Crippen molar-refractivity contribution in [2.45, 2.75) is 13.0 Å². The van der Waals surface area contributed by atoms with E-state index in [0.717, 1.165) is 0 Å². The zero-order valence-electron chi connectivity index (χ0n) is 16.7. The Labute approximate surface area is 178 Å². The summed E-state index contributed by atoms with van der Waals surface area (Å²) in [7, 11) is 0. The highest BCUT2D eigenvalue weighted by molar-refractivity contribution is 6.04. The first-order valence-corrected chi connectivity index (χ1v) is 9.64. The Balaban J connectivity index is 1.62. The molecule has 4 aromatic rings. The van der Waals surface area contributed by atoms with Gasteiger partial charge in [0.1, 0.15) is 0 Å². The Morgan fingerprint density at radius 3 is 2.45 bits per heavy atom. The van der Waals surface area contributed by atoms with Gasteiger partial charge in [0, 0.05) is 22.2 Å². The summed E-state index contributed by atoms with van der Waals surface area (Å²) < 4.78 is 5.60. The Morgan fingerprint density at radius 1 is 0.935 bits per heavy atom. The predicted molar refractivity (Wildman–Crippen MR) is 116 cm³/mol. The number of fused-ring (bicyclic) bond motifs is 1. The molecule has 0 bridgehead atoms. The molecular weight excluding hydrogens is 394 g/mol. The molecular formula is C24H19N3O4. The van der Waals surface area contributed by atoms with Gasteiger partial charge in [-0.3, -0.25) is 14.7 Å². The molecule has 0 unspecified atom stereocenters. The zero-order chi connectivity index (χ0) is 21.8. The van der Waals surface area contributed by atoms with Crippen molar-refractivity contribution >= 4 is 34.3 Å². The van der Waals surface area contributed by atoms with E-state index in [1.807, 2.05) is 6.07 Å². The minimum absolute atomic E-state index is 0.0999. The highest BCUT2D eigenvalue weighted by atomic mass is 16.5. The second kappa shape index (κ2) is 8.62. The van der Waals surface area contributed by atoms with Gasteiger partial charge in [-0.05, 0) is 25.1 Å². The summed E-state index contributed by atoms with van der Waals surface area (Å²) in [5.41, 5.74) is 2.20. The molecule has 7 heteroatoms. The van der Waals surface area contributed by atoms with E-state index in [0.29, 0.717) is 27.7 Å². The predicted octanol–water partition coefficient (Wildman–Crippen LogP) is 4.30. The summed E-state index contributed by atoms with van der Waals surface area (Å²) in [6.45, 7) is 1.45. The summed E-state index contributed by atoms with van der Waals surface area (Å²) in [5.74, 6) is -1.38. The van der Waals surface area contributed by atoms with Crippen molar-refractivity contribution in [1.29, 1.82) is 0 Å². The van der Waals surface area contributed by atoms with Crippen molar-refractivity contribution < 1.29 is 19.1 Å². The maximum absolute atomic E-state index is 13.1. The number of hydrogen-bond acceptors (Lipinski definition) is 5. The monoisotopic (exact) mass is 413 g/mol. The smallest absolute Gasteiger partial charge is 0.360 e. The number of rotatable bonds is 6. The normalized spacial score (nSPS) is 11.6. The molecule has 0 spiro atoms. The number of Topliss-reactive ketones (excluding diaryl/α,β-unsaturated/α-hetero) is 1. The molecule has 4 rings (SSSR count). The highest BCUT2D eigenvalue weighted by Gasteiger charge is 2.27. The summed E-state index contributed by atoms with van der Waals surface area (Å²) in [4.78, 5) is 37.6. The first kappa shape index (κ1) is 20.0. The minimum atomic E-state index is -1.20. The number of benzene rings is 3. The quantitative estimate of drug-likeness (QED) is 0.362. The van der Waals surface area contributed by atoms with Crippen LogP contribution in [0.4, 0.5) is 5.69 Å². The van der Waals surface area contributed by atoms with Gasteiger partial charge in [0.05, 0.1) is 5.52 Å². The van der Waals surface area contributed by atoms with Crippen LogP contribution in [0.15, 0.2) is 78.9 Å². The van der Waals surface area contributed by atoms with Crippen molar-refractivity contribution in [2.75, 3.05) is 5.32 Å². The van der Waals surface area contributed by atoms with Crippen LogP contribution in [-0.2, 0) is 9.53 Å². The summed E-state index contributed by atoms with van der Waals surface area (Å²) >= 11 is 0. The van der Waals surface area contributed by atoms with E-state index in [-0.39, 0.29) is 11.5 Å². The van der Waals surface area contributed by atoms with Gasteiger partial charge < -0.3 is 10.1 Å². The largest absolute Gasteiger partial charge is 0.442 e. The topological polar surface area (TPSA) is 101 Å². The fourth-order valence-corrected chi connectivity index (χ4v) is 3.21. The fraction of sp³-hybridized carbons (Fsp3) is 0.0833. The maximum atomic E-state index is 13.1. The maximum Gasteiger partial charge on any atom is 0.360 e. The van der Waals surface area contributed by atoms with E-state index >= 15 is 0 Å². The molecule has 0 radical (unpaired) electrons. The van der Waals surface area contributed by atoms with Gasteiger partial charge in [0.25, 0.3) is 5.91 Å². The molecule has 0 saturated carbocycles. The number of ketones is 1. The standard InChI is InChI=1S/C24H19N3O4/c1-15(28)17-10-7-11-18(14-17)25-23(29)22(16-8-3-2-4-9-16)31-24(30)21-19-12-5-6-13-20(19)26-27-21/h2-14,22H,1H3,(H,25,29)(H,26,27)/t22-/m0/s1. The number of nitrogens with zero attached hydrogens (tertiary/aromatic N) is 1. The molecule has 7 nitrogen and oxygen atoms in total. The van der Waals surface area contributed by atoms with Crippen LogP contribution in [0, 0.1) is 0 Å². The SMILES string of the molecule is CC(=O)c1cccc(NC(=O)[C@@H](OC(=O)c2n[nH]c3ccccc23)c2ccccc2)c1. The van der Waals surface area contributed by atoms with Crippen molar-refractivity contribution in [1.82, 2.24) is 10.2 Å². The number of carbonyl (C=O) groups is 3. The first-order chi connectivity index (χ1) is 15.0. The Kier molecular flexibility index (Phi) is 5.57. The van der Waals surface area contributed by atoms with Crippen LogP contribution >= 0.6 is 0 Å². The van der Waals surface area contributed by atoms with Crippen molar-refractivity contribution in [3.63, 3.8) is 0 Å². The lowest BCUT2D eigenvalue weighted by atomic mass is 10.1. The van der Waals surface area contributed by atoms with Gasteiger partial charge in [0.2, 0.25) is 6.10 Å². The van der Waals surface area contributed by atoms with Crippen molar-refractivity contribution in [3.05, 3.63) is 95.7 Å². The molecule has 1 amide bonds. The van der Waals surface area contributed by atoms with Gasteiger partial charge in [-0.1, -0.05) is 60.7 Å². The molecule has 0 fully saturated rings. The summed E-state index contributed by atoms with van der Waals surface area (Å²) in [6.07, 6.45) is -1.20. The molecule has 0 aliphatic carbocycles. The average molecular weight is 413 g/mol. The van der Waals surface area contributed by atoms with Gasteiger partial charge >= 0.3 is 5.97 Å². The molecule has 3 aromatic carbocycles. The summed E-state index contributed by atoms with van der Waals surface area (Å²) in [6, 6.07) is 22.4. The average Bonchev–Trinajstić information content (AvgIpc) is 3.22.